The molecule has 2 amide bonds. The third-order valence-electron chi connectivity index (χ3n) is 5.10. The van der Waals surface area contributed by atoms with Crippen molar-refractivity contribution in [2.75, 3.05) is 13.1 Å². The summed E-state index contributed by atoms with van der Waals surface area (Å²) in [6.07, 6.45) is 5.22. The van der Waals surface area contributed by atoms with Crippen molar-refractivity contribution in [1.29, 1.82) is 0 Å². The van der Waals surface area contributed by atoms with Gasteiger partial charge in [-0.3, -0.25) is 9.59 Å². The van der Waals surface area contributed by atoms with Gasteiger partial charge in [-0.05, 0) is 49.2 Å². The zero-order chi connectivity index (χ0) is 19.5. The second-order valence-electron chi connectivity index (χ2n) is 6.99. The van der Waals surface area contributed by atoms with Gasteiger partial charge in [0.2, 0.25) is 5.91 Å². The molecule has 0 aliphatic carbocycles. The van der Waals surface area contributed by atoms with E-state index in [1.54, 1.807) is 0 Å². The topological polar surface area (TPSA) is 66.7 Å². The van der Waals surface area contributed by atoms with E-state index in [-0.39, 0.29) is 17.7 Å². The maximum absolute atomic E-state index is 12.6. The summed E-state index contributed by atoms with van der Waals surface area (Å²) in [5, 5.41) is 2.99. The standard InChI is InChI=1S/C21H21BrN4O2/c22-17-6-4-16(5-7-17)21(28)25-11-8-15(9-12-25)20(27)23-13-18-14-26-10-2-1-3-19(26)24-18/h1-7,10,14-15H,8-9,11-13H2,(H,23,27). The number of carbonyl (C=O) groups is 2. The molecule has 0 bridgehead atoms. The molecule has 7 heteroatoms. The molecule has 0 radical (unpaired) electrons. The minimum absolute atomic E-state index is 0.0241. The summed E-state index contributed by atoms with van der Waals surface area (Å²) in [5.41, 5.74) is 2.38. The average Bonchev–Trinajstić information content (AvgIpc) is 3.15. The van der Waals surface area contributed by atoms with Crippen molar-refractivity contribution in [2.24, 2.45) is 5.92 Å². The Morgan fingerprint density at radius 3 is 2.57 bits per heavy atom. The van der Waals surface area contributed by atoms with E-state index in [2.05, 4.69) is 26.2 Å². The van der Waals surface area contributed by atoms with Gasteiger partial charge in [-0.25, -0.2) is 4.98 Å². The number of imidazole rings is 1. The Bertz CT molecular complexity index is 958. The minimum Gasteiger partial charge on any atom is -0.350 e. The first-order valence-electron chi connectivity index (χ1n) is 9.35. The predicted octanol–water partition coefficient (Wildman–Crippen LogP) is 3.27. The number of aromatic nitrogens is 2. The largest absolute Gasteiger partial charge is 0.350 e. The number of pyridine rings is 1. The number of benzene rings is 1. The second kappa shape index (κ2) is 8.14. The molecular weight excluding hydrogens is 420 g/mol. The van der Waals surface area contributed by atoms with Crippen molar-refractivity contribution >= 4 is 33.4 Å². The van der Waals surface area contributed by atoms with Crippen molar-refractivity contribution in [3.63, 3.8) is 0 Å². The molecule has 4 rings (SSSR count). The predicted molar refractivity (Wildman–Crippen MR) is 110 cm³/mol. The van der Waals surface area contributed by atoms with Crippen molar-refractivity contribution in [1.82, 2.24) is 19.6 Å². The lowest BCUT2D eigenvalue weighted by Crippen LogP contribution is -2.42. The lowest BCUT2D eigenvalue weighted by Gasteiger charge is -2.31. The van der Waals surface area contributed by atoms with E-state index >= 15 is 0 Å². The molecule has 1 saturated heterocycles. The number of likely N-dealkylation sites (tertiary alicyclic amines) is 1. The number of hydrogen-bond acceptors (Lipinski definition) is 3. The average molecular weight is 441 g/mol. The van der Waals surface area contributed by atoms with Crippen molar-refractivity contribution in [3.8, 4) is 0 Å². The van der Waals surface area contributed by atoms with E-state index in [4.69, 9.17) is 0 Å². The highest BCUT2D eigenvalue weighted by Gasteiger charge is 2.27. The van der Waals surface area contributed by atoms with Gasteiger partial charge in [0, 0.05) is 41.4 Å². The number of nitrogens with zero attached hydrogens (tertiary/aromatic N) is 3. The van der Waals surface area contributed by atoms with Crippen LogP contribution < -0.4 is 5.32 Å². The molecule has 2 aromatic heterocycles. The van der Waals surface area contributed by atoms with Crippen molar-refractivity contribution in [3.05, 3.63) is 70.6 Å². The quantitative estimate of drug-likeness (QED) is 0.676. The molecule has 0 unspecified atom stereocenters. The Kier molecular flexibility index (Phi) is 5.43. The lowest BCUT2D eigenvalue weighted by atomic mass is 9.95. The van der Waals surface area contributed by atoms with Gasteiger partial charge in [0.05, 0.1) is 12.2 Å². The van der Waals surface area contributed by atoms with E-state index in [0.29, 0.717) is 38.0 Å². The maximum atomic E-state index is 12.6. The van der Waals surface area contributed by atoms with E-state index < -0.39 is 0 Å². The first-order chi connectivity index (χ1) is 13.6. The molecule has 1 aromatic carbocycles. The molecule has 3 heterocycles. The molecule has 1 fully saturated rings. The van der Waals surface area contributed by atoms with Crippen LogP contribution in [-0.4, -0.2) is 39.2 Å². The minimum atomic E-state index is -0.0639. The number of carbonyl (C=O) groups excluding carboxylic acids is 2. The Labute approximate surface area is 171 Å². The molecular formula is C21H21BrN4O2. The van der Waals surface area contributed by atoms with Crippen LogP contribution in [0.25, 0.3) is 5.65 Å². The van der Waals surface area contributed by atoms with Gasteiger partial charge in [-0.2, -0.15) is 0 Å². The van der Waals surface area contributed by atoms with E-state index in [1.807, 2.05) is 64.2 Å². The Balaban J connectivity index is 1.28. The monoisotopic (exact) mass is 440 g/mol. The first kappa shape index (κ1) is 18.7. The fourth-order valence-corrected chi connectivity index (χ4v) is 3.78. The molecule has 1 aliphatic heterocycles. The number of fused-ring (bicyclic) bond motifs is 1. The van der Waals surface area contributed by atoms with Gasteiger partial charge in [0.25, 0.3) is 5.91 Å². The van der Waals surface area contributed by atoms with E-state index in [0.717, 1.165) is 15.8 Å². The SMILES string of the molecule is O=C(NCc1cn2ccccc2n1)C1CCN(C(=O)c2ccc(Br)cc2)CC1. The van der Waals surface area contributed by atoms with Crippen LogP contribution in [-0.2, 0) is 11.3 Å². The molecule has 3 aromatic rings. The van der Waals surface area contributed by atoms with Gasteiger partial charge in [0.1, 0.15) is 5.65 Å². The molecule has 0 atom stereocenters. The third kappa shape index (κ3) is 4.09. The summed E-state index contributed by atoms with van der Waals surface area (Å²) in [6, 6.07) is 13.2. The maximum Gasteiger partial charge on any atom is 0.253 e. The summed E-state index contributed by atoms with van der Waals surface area (Å²) in [5.74, 6) is -0.00476. The number of hydrogen-bond donors (Lipinski definition) is 1. The molecule has 28 heavy (non-hydrogen) atoms. The number of nitrogens with one attached hydrogen (secondary N) is 1. The van der Waals surface area contributed by atoms with Crippen LogP contribution in [0.3, 0.4) is 0 Å². The highest BCUT2D eigenvalue weighted by molar-refractivity contribution is 9.10. The first-order valence-corrected chi connectivity index (χ1v) is 10.1. The number of piperidine rings is 1. The van der Waals surface area contributed by atoms with Crippen LogP contribution in [0.4, 0.5) is 0 Å². The van der Waals surface area contributed by atoms with Crippen LogP contribution in [0.5, 0.6) is 0 Å². The fraction of sp³-hybridized carbons (Fsp3) is 0.286. The van der Waals surface area contributed by atoms with Crippen LogP contribution in [0, 0.1) is 5.92 Å². The van der Waals surface area contributed by atoms with Crippen LogP contribution in [0.1, 0.15) is 28.9 Å². The summed E-state index contributed by atoms with van der Waals surface area (Å²) in [4.78, 5) is 31.4. The smallest absolute Gasteiger partial charge is 0.253 e. The normalized spacial score (nSPS) is 15.0. The Hall–Kier alpha value is -2.67. The lowest BCUT2D eigenvalue weighted by molar-refractivity contribution is -0.126. The van der Waals surface area contributed by atoms with Gasteiger partial charge in [-0.1, -0.05) is 22.0 Å². The zero-order valence-corrected chi connectivity index (χ0v) is 16.9. The highest BCUT2D eigenvalue weighted by atomic mass is 79.9. The number of amides is 2. The summed E-state index contributed by atoms with van der Waals surface area (Å²) < 4.78 is 2.89. The Morgan fingerprint density at radius 1 is 1.11 bits per heavy atom. The van der Waals surface area contributed by atoms with Crippen LogP contribution >= 0.6 is 15.9 Å². The molecule has 0 saturated carbocycles. The summed E-state index contributed by atoms with van der Waals surface area (Å²) in [6.45, 7) is 1.61. The van der Waals surface area contributed by atoms with E-state index in [1.165, 1.54) is 0 Å². The Morgan fingerprint density at radius 2 is 1.86 bits per heavy atom. The van der Waals surface area contributed by atoms with E-state index in [9.17, 15) is 9.59 Å². The van der Waals surface area contributed by atoms with Crippen LogP contribution in [0.15, 0.2) is 59.3 Å². The highest BCUT2D eigenvalue weighted by Crippen LogP contribution is 2.20. The van der Waals surface area contributed by atoms with Gasteiger partial charge in [0.15, 0.2) is 0 Å². The molecule has 144 valence electrons. The summed E-state index contributed by atoms with van der Waals surface area (Å²) >= 11 is 3.38. The van der Waals surface area contributed by atoms with Crippen molar-refractivity contribution in [2.45, 2.75) is 19.4 Å². The van der Waals surface area contributed by atoms with Gasteiger partial charge >= 0.3 is 0 Å². The fourth-order valence-electron chi connectivity index (χ4n) is 3.51. The van der Waals surface area contributed by atoms with Gasteiger partial charge < -0.3 is 14.6 Å². The number of rotatable bonds is 4. The van der Waals surface area contributed by atoms with Gasteiger partial charge in [-0.15, -0.1) is 0 Å². The van der Waals surface area contributed by atoms with Crippen LogP contribution in [0.2, 0.25) is 0 Å². The van der Waals surface area contributed by atoms with Crippen molar-refractivity contribution < 1.29 is 9.59 Å². The second-order valence-corrected chi connectivity index (χ2v) is 7.91. The molecule has 1 N–H and O–H groups in total. The molecule has 6 nitrogen and oxygen atoms in total. The molecule has 1 aliphatic rings. The number of halogens is 1. The molecule has 0 spiro atoms. The zero-order valence-electron chi connectivity index (χ0n) is 15.3. The third-order valence-corrected chi connectivity index (χ3v) is 5.63. The summed E-state index contributed by atoms with van der Waals surface area (Å²) in [7, 11) is 0.